The van der Waals surface area contributed by atoms with Crippen molar-refractivity contribution in [2.75, 3.05) is 0 Å². The van der Waals surface area contributed by atoms with Crippen LogP contribution in [0.2, 0.25) is 0 Å². The minimum atomic E-state index is -4.01. The Morgan fingerprint density at radius 1 is 0.977 bits per heavy atom. The zero-order valence-corrected chi connectivity index (χ0v) is 28.4. The molecule has 0 unspecified atom stereocenters. The molecule has 3 aromatic rings. The summed E-state index contributed by atoms with van der Waals surface area (Å²) in [5.74, 6) is -1.82. The molecule has 4 atom stereocenters. The molecule has 1 aliphatic rings. The minimum absolute atomic E-state index is 0. The molecule has 2 heterocycles. The fourth-order valence-corrected chi connectivity index (χ4v) is 8.66. The Morgan fingerprint density at radius 2 is 1.56 bits per heavy atom. The van der Waals surface area contributed by atoms with Gasteiger partial charge < -0.3 is 21.3 Å². The third kappa shape index (κ3) is 7.79. The molecule has 11 heteroatoms. The van der Waals surface area contributed by atoms with E-state index in [9.17, 15) is 27.8 Å². The van der Waals surface area contributed by atoms with Crippen LogP contribution in [0.25, 0.3) is 22.4 Å². The summed E-state index contributed by atoms with van der Waals surface area (Å²) in [4.78, 5) is 11.2. The average Bonchev–Trinajstić information content (AvgIpc) is 3.45. The van der Waals surface area contributed by atoms with Gasteiger partial charge in [-0.1, -0.05) is 44.2 Å². The first-order valence-electron chi connectivity index (χ1n) is 14.5. The number of carbonyl (C=O) groups is 1. The van der Waals surface area contributed by atoms with E-state index in [1.807, 2.05) is 62.6 Å². The first-order valence-corrected chi connectivity index (χ1v) is 16.0. The van der Waals surface area contributed by atoms with Crippen molar-refractivity contribution in [2.24, 2.45) is 0 Å². The molecule has 1 fully saturated rings. The third-order valence-electron chi connectivity index (χ3n) is 8.03. The van der Waals surface area contributed by atoms with E-state index in [1.54, 1.807) is 16.4 Å². The van der Waals surface area contributed by atoms with Crippen LogP contribution in [0.3, 0.4) is 0 Å². The van der Waals surface area contributed by atoms with Crippen molar-refractivity contribution >= 4 is 16.0 Å². The van der Waals surface area contributed by atoms with Gasteiger partial charge in [-0.05, 0) is 80.8 Å². The van der Waals surface area contributed by atoms with Crippen LogP contribution < -0.4 is 29.6 Å². The van der Waals surface area contributed by atoms with Gasteiger partial charge in [-0.25, -0.2) is 12.8 Å². The van der Waals surface area contributed by atoms with E-state index in [4.69, 9.17) is 5.11 Å². The van der Waals surface area contributed by atoms with Crippen LogP contribution in [0.5, 0.6) is 0 Å². The van der Waals surface area contributed by atoms with Crippen LogP contribution in [-0.4, -0.2) is 62.9 Å². The summed E-state index contributed by atoms with van der Waals surface area (Å²) in [6.07, 6.45) is -1.19. The largest absolute Gasteiger partial charge is 1.00 e. The van der Waals surface area contributed by atoms with Crippen molar-refractivity contribution in [3.05, 3.63) is 66.1 Å². The Hall–Kier alpha value is -2.05. The average molecular weight is 625 g/mol. The Labute approximate surface area is 277 Å². The van der Waals surface area contributed by atoms with E-state index < -0.39 is 40.4 Å². The number of halogens is 1. The monoisotopic (exact) mass is 624 g/mol. The van der Waals surface area contributed by atoms with Crippen molar-refractivity contribution in [2.45, 2.75) is 101 Å². The van der Waals surface area contributed by atoms with Gasteiger partial charge in [0.05, 0.1) is 24.3 Å². The molecule has 0 saturated carbocycles. The van der Waals surface area contributed by atoms with Gasteiger partial charge in [0.1, 0.15) is 10.7 Å². The Balaban J connectivity index is 0.00000337. The number of aliphatic hydroxyl groups excluding tert-OH is 2. The molecule has 0 aliphatic carbocycles. The van der Waals surface area contributed by atoms with E-state index in [0.717, 1.165) is 12.8 Å². The summed E-state index contributed by atoms with van der Waals surface area (Å²) >= 11 is 0. The topological polar surface area (TPSA) is 120 Å². The Bertz CT molecular complexity index is 1490. The van der Waals surface area contributed by atoms with Gasteiger partial charge >= 0.3 is 35.5 Å². The number of carboxylic acid groups (broad SMARTS) is 1. The van der Waals surface area contributed by atoms with E-state index in [-0.39, 0.29) is 73.3 Å². The molecule has 0 spiro atoms. The second kappa shape index (κ2) is 14.8. The SMILES string of the molecule is CC(C)c1c(S(=O)(=O)N2[C@H](C)CC[C@@H]2C)c(-c2ccccc2)c(-c2ccc(F)cc2)n1CC[C@@H](O)C[C@@H](O)CC(=O)O.[H-].[Na+]. The second-order valence-corrected chi connectivity index (χ2v) is 13.4. The van der Waals surface area contributed by atoms with Gasteiger partial charge in [0.25, 0.3) is 0 Å². The normalized spacial score (nSPS) is 18.9. The quantitative estimate of drug-likeness (QED) is 0.267. The zero-order chi connectivity index (χ0) is 30.8. The molecule has 1 aromatic heterocycles. The summed E-state index contributed by atoms with van der Waals surface area (Å²) in [7, 11) is -4.01. The van der Waals surface area contributed by atoms with Crippen LogP contribution in [0.4, 0.5) is 4.39 Å². The Morgan fingerprint density at radius 3 is 2.09 bits per heavy atom. The number of aromatic nitrogens is 1. The molecule has 0 bridgehead atoms. The van der Waals surface area contributed by atoms with E-state index in [2.05, 4.69) is 0 Å². The molecule has 4 rings (SSSR count). The van der Waals surface area contributed by atoms with Gasteiger partial charge in [0.15, 0.2) is 0 Å². The summed E-state index contributed by atoms with van der Waals surface area (Å²) in [6.45, 7) is 7.90. The number of nitrogens with zero attached hydrogens (tertiary/aromatic N) is 2. The number of sulfonamides is 1. The molecular weight excluding hydrogens is 582 g/mol. The molecule has 0 amide bonds. The van der Waals surface area contributed by atoms with Crippen molar-refractivity contribution in [3.63, 3.8) is 0 Å². The van der Waals surface area contributed by atoms with Crippen molar-refractivity contribution in [3.8, 4) is 22.4 Å². The minimum Gasteiger partial charge on any atom is -1.00 e. The predicted molar refractivity (Wildman–Crippen MR) is 161 cm³/mol. The molecule has 0 radical (unpaired) electrons. The molecule has 43 heavy (non-hydrogen) atoms. The first kappa shape index (κ1) is 35.4. The fraction of sp³-hybridized carbons (Fsp3) is 0.469. The van der Waals surface area contributed by atoms with Gasteiger partial charge in [0.2, 0.25) is 10.0 Å². The van der Waals surface area contributed by atoms with Crippen LogP contribution >= 0.6 is 0 Å². The van der Waals surface area contributed by atoms with E-state index in [1.165, 1.54) is 12.1 Å². The smallest absolute Gasteiger partial charge is 1.00 e. The summed E-state index contributed by atoms with van der Waals surface area (Å²) in [5, 5.41) is 29.9. The summed E-state index contributed by atoms with van der Waals surface area (Å²) < 4.78 is 47.0. The molecule has 1 aliphatic heterocycles. The van der Waals surface area contributed by atoms with Crippen LogP contribution in [-0.2, 0) is 21.4 Å². The van der Waals surface area contributed by atoms with E-state index >= 15 is 0 Å². The van der Waals surface area contributed by atoms with Crippen molar-refractivity contribution < 1.29 is 63.9 Å². The molecule has 1 saturated heterocycles. The summed E-state index contributed by atoms with van der Waals surface area (Å²) in [5.41, 5.74) is 3.03. The maximum absolute atomic E-state index is 14.7. The van der Waals surface area contributed by atoms with Gasteiger partial charge in [-0.3, -0.25) is 4.79 Å². The molecule has 3 N–H and O–H groups in total. The first-order chi connectivity index (χ1) is 19.8. The molecule has 230 valence electrons. The van der Waals surface area contributed by atoms with Crippen molar-refractivity contribution in [1.29, 1.82) is 0 Å². The number of rotatable bonds is 12. The molecular formula is C32H42FN2NaO6S. The third-order valence-corrected chi connectivity index (χ3v) is 10.2. The van der Waals surface area contributed by atoms with Crippen molar-refractivity contribution in [1.82, 2.24) is 8.87 Å². The molecule has 2 aromatic carbocycles. The summed E-state index contributed by atoms with van der Waals surface area (Å²) in [6, 6.07) is 14.9. The fourth-order valence-electron chi connectivity index (χ4n) is 6.21. The number of aliphatic carboxylic acids is 1. The predicted octanol–water partition coefficient (Wildman–Crippen LogP) is 2.74. The number of hydrogen-bond acceptors (Lipinski definition) is 5. The van der Waals surface area contributed by atoms with E-state index in [0.29, 0.717) is 28.1 Å². The number of carboxylic acids is 1. The number of benzene rings is 2. The number of hydrogen-bond donors (Lipinski definition) is 3. The Kier molecular flexibility index (Phi) is 12.2. The molecule has 8 nitrogen and oxygen atoms in total. The standard InChI is InChI=1S/C32H41FN2O6S.Na.H/c1-20(2)30-32(42(40,41)35-21(3)10-11-22(35)4)29(23-8-6-5-7-9-23)31(24-12-14-25(33)15-13-24)34(30)17-16-26(36)18-27(37)19-28(38)39;;/h5-9,12-15,20-22,26-27,36-37H,10-11,16-19H2,1-4H3,(H,38,39);;/q;+1;-1/t21-,22+,26-,27-;;/m1../s1. The second-order valence-electron chi connectivity index (χ2n) is 11.7. The van der Waals surface area contributed by atoms with Crippen LogP contribution in [0.1, 0.15) is 72.8 Å². The zero-order valence-electron chi connectivity index (χ0n) is 26.6. The maximum Gasteiger partial charge on any atom is 1.00 e. The van der Waals surface area contributed by atoms with Crippen LogP contribution in [0.15, 0.2) is 59.5 Å². The van der Waals surface area contributed by atoms with Gasteiger partial charge in [-0.15, -0.1) is 0 Å². The number of aliphatic hydroxyl groups is 2. The van der Waals surface area contributed by atoms with Gasteiger partial charge in [0, 0.05) is 29.9 Å². The van der Waals surface area contributed by atoms with Crippen LogP contribution in [0, 0.1) is 5.82 Å². The van der Waals surface area contributed by atoms with Gasteiger partial charge in [-0.2, -0.15) is 4.31 Å². The maximum atomic E-state index is 14.7.